The van der Waals surface area contributed by atoms with Gasteiger partial charge in [0.25, 0.3) is 0 Å². The maximum atomic E-state index is 12.2. The van der Waals surface area contributed by atoms with Crippen LogP contribution in [0.15, 0.2) is 47.6 Å². The SMILES string of the molecule is Cn1cc(S(=O)(=O)NC[C@@](C)(O)c2cc3ccccc3s2)cn1. The van der Waals surface area contributed by atoms with Gasteiger partial charge in [0.15, 0.2) is 0 Å². The number of nitrogens with one attached hydrogen (secondary N) is 1. The fourth-order valence-corrected chi connectivity index (χ4v) is 4.41. The van der Waals surface area contributed by atoms with Gasteiger partial charge in [-0.3, -0.25) is 4.68 Å². The molecule has 122 valence electrons. The van der Waals surface area contributed by atoms with Gasteiger partial charge in [-0.25, -0.2) is 13.1 Å². The molecule has 2 N–H and O–H groups in total. The van der Waals surface area contributed by atoms with Crippen LogP contribution in [0.25, 0.3) is 10.1 Å². The van der Waals surface area contributed by atoms with Crippen molar-refractivity contribution in [1.82, 2.24) is 14.5 Å². The lowest BCUT2D eigenvalue weighted by molar-refractivity contribution is 0.0666. The Morgan fingerprint density at radius 2 is 2.13 bits per heavy atom. The van der Waals surface area contributed by atoms with Crippen molar-refractivity contribution in [3.8, 4) is 0 Å². The van der Waals surface area contributed by atoms with E-state index in [1.807, 2.05) is 30.3 Å². The zero-order valence-corrected chi connectivity index (χ0v) is 14.4. The Bertz CT molecular complexity index is 909. The molecule has 2 heterocycles. The maximum Gasteiger partial charge on any atom is 0.243 e. The number of aromatic nitrogens is 2. The number of aryl methyl sites for hydroxylation is 1. The van der Waals surface area contributed by atoms with Gasteiger partial charge in [-0.15, -0.1) is 11.3 Å². The van der Waals surface area contributed by atoms with E-state index in [0.717, 1.165) is 10.1 Å². The van der Waals surface area contributed by atoms with Crippen LogP contribution in [0.3, 0.4) is 0 Å². The Morgan fingerprint density at radius 1 is 1.39 bits per heavy atom. The van der Waals surface area contributed by atoms with Crippen LogP contribution in [-0.2, 0) is 22.7 Å². The zero-order chi connectivity index (χ0) is 16.7. The van der Waals surface area contributed by atoms with Crippen molar-refractivity contribution in [3.63, 3.8) is 0 Å². The van der Waals surface area contributed by atoms with E-state index in [9.17, 15) is 13.5 Å². The van der Waals surface area contributed by atoms with Crippen molar-refractivity contribution in [1.29, 1.82) is 0 Å². The summed E-state index contributed by atoms with van der Waals surface area (Å²) in [6.45, 7) is 1.49. The fraction of sp³-hybridized carbons (Fsp3) is 0.267. The van der Waals surface area contributed by atoms with Crippen molar-refractivity contribution in [2.75, 3.05) is 6.54 Å². The first-order valence-electron chi connectivity index (χ1n) is 6.98. The van der Waals surface area contributed by atoms with Crippen molar-refractivity contribution >= 4 is 31.4 Å². The Hall–Kier alpha value is -1.74. The Labute approximate surface area is 138 Å². The third-order valence-corrected chi connectivity index (χ3v) is 6.28. The van der Waals surface area contributed by atoms with E-state index in [4.69, 9.17) is 0 Å². The number of thiophene rings is 1. The quantitative estimate of drug-likeness (QED) is 0.734. The summed E-state index contributed by atoms with van der Waals surface area (Å²) >= 11 is 1.45. The van der Waals surface area contributed by atoms with E-state index >= 15 is 0 Å². The number of benzene rings is 1. The summed E-state index contributed by atoms with van der Waals surface area (Å²) in [7, 11) is -2.05. The molecule has 8 heteroatoms. The first-order valence-corrected chi connectivity index (χ1v) is 9.28. The van der Waals surface area contributed by atoms with Crippen LogP contribution in [0.2, 0.25) is 0 Å². The average molecular weight is 351 g/mol. The normalized spacial score (nSPS) is 14.9. The topological polar surface area (TPSA) is 84.2 Å². The Balaban J connectivity index is 1.80. The molecule has 0 amide bonds. The van der Waals surface area contributed by atoms with Gasteiger partial charge in [-0.2, -0.15) is 5.10 Å². The highest BCUT2D eigenvalue weighted by Crippen LogP contribution is 2.33. The highest BCUT2D eigenvalue weighted by atomic mass is 32.2. The fourth-order valence-electron chi connectivity index (χ4n) is 2.19. The molecule has 0 fully saturated rings. The van der Waals surface area contributed by atoms with Gasteiger partial charge in [-0.05, 0) is 24.4 Å². The minimum Gasteiger partial charge on any atom is -0.383 e. The highest BCUT2D eigenvalue weighted by Gasteiger charge is 2.28. The molecular formula is C15H17N3O3S2. The molecule has 0 radical (unpaired) electrons. The summed E-state index contributed by atoms with van der Waals surface area (Å²) in [4.78, 5) is 0.791. The largest absolute Gasteiger partial charge is 0.383 e. The lowest BCUT2D eigenvalue weighted by Crippen LogP contribution is -2.38. The van der Waals surface area contributed by atoms with Crippen LogP contribution >= 0.6 is 11.3 Å². The number of nitrogens with zero attached hydrogens (tertiary/aromatic N) is 2. The van der Waals surface area contributed by atoms with Crippen LogP contribution in [0.4, 0.5) is 0 Å². The second-order valence-corrected chi connectivity index (χ2v) is 8.45. The van der Waals surface area contributed by atoms with Crippen molar-refractivity contribution in [2.24, 2.45) is 7.05 Å². The number of fused-ring (bicyclic) bond motifs is 1. The van der Waals surface area contributed by atoms with Crippen molar-refractivity contribution in [2.45, 2.75) is 17.4 Å². The number of sulfonamides is 1. The third-order valence-electron chi connectivity index (χ3n) is 3.55. The van der Waals surface area contributed by atoms with E-state index in [2.05, 4.69) is 9.82 Å². The first kappa shape index (κ1) is 16.1. The maximum absolute atomic E-state index is 12.2. The minimum absolute atomic E-state index is 0.0761. The molecule has 1 aromatic carbocycles. The minimum atomic E-state index is -3.70. The van der Waals surface area contributed by atoms with Crippen LogP contribution in [0.1, 0.15) is 11.8 Å². The second kappa shape index (κ2) is 5.72. The highest BCUT2D eigenvalue weighted by molar-refractivity contribution is 7.89. The van der Waals surface area contributed by atoms with Crippen LogP contribution in [0.5, 0.6) is 0 Å². The van der Waals surface area contributed by atoms with Crippen LogP contribution in [-0.4, -0.2) is 29.8 Å². The van der Waals surface area contributed by atoms with Gasteiger partial charge in [0.05, 0.1) is 6.20 Å². The van der Waals surface area contributed by atoms with Gasteiger partial charge in [-0.1, -0.05) is 18.2 Å². The van der Waals surface area contributed by atoms with E-state index in [-0.39, 0.29) is 11.4 Å². The van der Waals surface area contributed by atoms with E-state index < -0.39 is 15.6 Å². The number of hydrogen-bond acceptors (Lipinski definition) is 5. The molecule has 0 spiro atoms. The molecule has 0 saturated heterocycles. The molecule has 0 aliphatic carbocycles. The predicted molar refractivity (Wildman–Crippen MR) is 89.8 cm³/mol. The van der Waals surface area contributed by atoms with Crippen molar-refractivity contribution in [3.05, 3.63) is 47.6 Å². The molecule has 6 nitrogen and oxygen atoms in total. The molecule has 0 aliphatic rings. The van der Waals surface area contributed by atoms with Gasteiger partial charge in [0, 0.05) is 29.4 Å². The third kappa shape index (κ3) is 3.30. The summed E-state index contributed by atoms with van der Waals surface area (Å²) in [5.41, 5.74) is -1.29. The molecule has 1 atom stereocenters. The molecule has 0 bridgehead atoms. The monoisotopic (exact) mass is 351 g/mol. The van der Waals surface area contributed by atoms with Crippen LogP contribution < -0.4 is 4.72 Å². The predicted octanol–water partition coefficient (Wildman–Crippen LogP) is 1.82. The molecule has 3 rings (SSSR count). The van der Waals surface area contributed by atoms with E-state index in [1.54, 1.807) is 14.0 Å². The average Bonchev–Trinajstić information content (AvgIpc) is 3.12. The molecule has 0 aliphatic heterocycles. The molecule has 23 heavy (non-hydrogen) atoms. The van der Waals surface area contributed by atoms with Crippen LogP contribution in [0, 0.1) is 0 Å². The van der Waals surface area contributed by atoms with Gasteiger partial charge >= 0.3 is 0 Å². The molecular weight excluding hydrogens is 334 g/mol. The molecule has 0 saturated carbocycles. The lowest BCUT2D eigenvalue weighted by Gasteiger charge is -2.22. The molecule has 0 unspecified atom stereocenters. The smallest absolute Gasteiger partial charge is 0.243 e. The summed E-state index contributed by atoms with van der Waals surface area (Å²) in [5, 5.41) is 15.5. The van der Waals surface area contributed by atoms with Crippen molar-refractivity contribution < 1.29 is 13.5 Å². The van der Waals surface area contributed by atoms with Gasteiger partial charge < -0.3 is 5.11 Å². The summed E-state index contributed by atoms with van der Waals surface area (Å²) in [6.07, 6.45) is 2.69. The Morgan fingerprint density at radius 3 is 2.78 bits per heavy atom. The molecule has 3 aromatic rings. The van der Waals surface area contributed by atoms with Gasteiger partial charge in [0.2, 0.25) is 10.0 Å². The summed E-state index contributed by atoms with van der Waals surface area (Å²) in [5.74, 6) is 0. The summed E-state index contributed by atoms with van der Waals surface area (Å²) in [6, 6.07) is 9.68. The molecule has 2 aromatic heterocycles. The number of aliphatic hydroxyl groups is 1. The lowest BCUT2D eigenvalue weighted by atomic mass is 10.1. The zero-order valence-electron chi connectivity index (χ0n) is 12.7. The number of hydrogen-bond donors (Lipinski definition) is 2. The second-order valence-electron chi connectivity index (χ2n) is 5.60. The number of rotatable bonds is 5. The summed E-state index contributed by atoms with van der Waals surface area (Å²) < 4.78 is 29.4. The van der Waals surface area contributed by atoms with E-state index in [1.165, 1.54) is 28.4 Å². The first-order chi connectivity index (χ1) is 10.8. The standard InChI is InChI=1S/C15H17N3O3S2/c1-15(19,14-7-11-5-3-4-6-13(11)22-14)10-17-23(20,21)12-8-16-18(2)9-12/h3-9,17,19H,10H2,1-2H3/t15-/m1/s1. The van der Waals surface area contributed by atoms with Gasteiger partial charge in [0.1, 0.15) is 10.5 Å². The Kier molecular flexibility index (Phi) is 4.01. The van der Waals surface area contributed by atoms with E-state index in [0.29, 0.717) is 4.88 Å².